The van der Waals surface area contributed by atoms with E-state index in [4.69, 9.17) is 10.5 Å². The molecule has 15 heteroatoms. The number of likely N-dealkylation sites (tertiary alicyclic amines) is 1. The predicted molar refractivity (Wildman–Crippen MR) is 226 cm³/mol. The van der Waals surface area contributed by atoms with Crippen molar-refractivity contribution in [1.82, 2.24) is 31.5 Å². The summed E-state index contributed by atoms with van der Waals surface area (Å²) in [7, 11) is 0. The first-order chi connectivity index (χ1) is 27.8. The topological polar surface area (TPSA) is 218 Å². The van der Waals surface area contributed by atoms with E-state index in [0.29, 0.717) is 19.4 Å². The van der Waals surface area contributed by atoms with Crippen LogP contribution < -0.4 is 32.3 Å². The molecule has 0 aromatic heterocycles. The fourth-order valence-electron chi connectivity index (χ4n) is 10.0. The number of nitrogens with two attached hydrogens (primary N) is 1. The number of urea groups is 1. The van der Waals surface area contributed by atoms with E-state index in [9.17, 15) is 33.6 Å². The van der Waals surface area contributed by atoms with Crippen molar-refractivity contribution < 1.29 is 38.3 Å². The number of benzene rings is 1. The molecule has 332 valence electrons. The molecule has 1 saturated heterocycles. The van der Waals surface area contributed by atoms with E-state index in [-0.39, 0.29) is 35.3 Å². The normalized spacial score (nSPS) is 23.2. The number of carbonyl (C=O) groups excluding carboxylic acids is 7. The maximum Gasteiger partial charge on any atom is 0.408 e. The fraction of sp³-hybridized carbons (Fsp3) is 0.711. The Balaban J connectivity index is 1.29. The maximum absolute atomic E-state index is 14.9. The highest BCUT2D eigenvalue weighted by Crippen LogP contribution is 2.88. The van der Waals surface area contributed by atoms with Crippen molar-refractivity contribution in [3.63, 3.8) is 0 Å². The molecule has 4 aliphatic rings. The first kappa shape index (κ1) is 46.4. The van der Waals surface area contributed by atoms with Crippen molar-refractivity contribution in [2.75, 3.05) is 13.1 Å². The highest BCUT2D eigenvalue weighted by Gasteiger charge is 2.85. The number of hydrogen-bond donors (Lipinski definition) is 6. The van der Waals surface area contributed by atoms with E-state index in [1.807, 2.05) is 71.9 Å². The number of ketones is 1. The minimum atomic E-state index is -1.35. The molecule has 0 bridgehead atoms. The van der Waals surface area contributed by atoms with Crippen LogP contribution in [0, 0.1) is 33.0 Å². The molecule has 7 N–H and O–H groups in total. The number of nitrogens with one attached hydrogen (secondary N) is 5. The van der Waals surface area contributed by atoms with Gasteiger partial charge in [0.2, 0.25) is 23.5 Å². The molecule has 0 radical (unpaired) electrons. The van der Waals surface area contributed by atoms with Crippen LogP contribution in [0.4, 0.5) is 9.59 Å². The Morgan fingerprint density at radius 1 is 0.850 bits per heavy atom. The van der Waals surface area contributed by atoms with Gasteiger partial charge in [-0.3, -0.25) is 24.0 Å². The van der Waals surface area contributed by atoms with E-state index < -0.39 is 82.1 Å². The Bertz CT molecular complexity index is 1830. The number of amides is 7. The second kappa shape index (κ2) is 17.0. The fourth-order valence-corrected chi connectivity index (χ4v) is 10.0. The number of primary amides is 1. The highest BCUT2D eigenvalue weighted by molar-refractivity contribution is 6.37. The van der Waals surface area contributed by atoms with Crippen LogP contribution >= 0.6 is 0 Å². The third-order valence-corrected chi connectivity index (χ3v) is 14.5. The van der Waals surface area contributed by atoms with Crippen molar-refractivity contribution in [2.24, 2.45) is 38.7 Å². The maximum atomic E-state index is 14.9. The van der Waals surface area contributed by atoms with E-state index in [1.165, 1.54) is 0 Å². The number of Topliss-reactive ketones (excluding diaryl/α,β-unsaturated/α-hetero) is 1. The van der Waals surface area contributed by atoms with Gasteiger partial charge in [0.1, 0.15) is 24.2 Å². The molecule has 1 aromatic carbocycles. The van der Waals surface area contributed by atoms with Gasteiger partial charge in [0, 0.05) is 18.5 Å². The van der Waals surface area contributed by atoms with Gasteiger partial charge in [-0.25, -0.2) is 9.59 Å². The second-order valence-corrected chi connectivity index (χ2v) is 21.0. The molecular formula is C45H69N7O8. The lowest BCUT2D eigenvalue weighted by molar-refractivity contribution is -0.143. The van der Waals surface area contributed by atoms with Gasteiger partial charge in [0.05, 0.1) is 12.1 Å². The number of fused-ring (bicyclic) bond motifs is 1. The van der Waals surface area contributed by atoms with Crippen LogP contribution in [0.2, 0.25) is 0 Å². The lowest BCUT2D eigenvalue weighted by atomic mass is 9.73. The van der Waals surface area contributed by atoms with Crippen molar-refractivity contribution in [3.05, 3.63) is 35.9 Å². The number of hydrogen-bond acceptors (Lipinski definition) is 8. The van der Waals surface area contributed by atoms with Crippen molar-refractivity contribution >= 4 is 41.5 Å². The van der Waals surface area contributed by atoms with Gasteiger partial charge < -0.3 is 42.0 Å². The molecule has 2 spiro atoms. The molecule has 1 heterocycles. The Morgan fingerprint density at radius 3 is 1.98 bits per heavy atom. The first-order valence-electron chi connectivity index (χ1n) is 21.5. The predicted octanol–water partition coefficient (Wildman–Crippen LogP) is 4.46. The van der Waals surface area contributed by atoms with Gasteiger partial charge in [-0.05, 0) is 72.7 Å². The van der Waals surface area contributed by atoms with Gasteiger partial charge >= 0.3 is 12.1 Å². The molecule has 1 unspecified atom stereocenters. The van der Waals surface area contributed by atoms with Crippen LogP contribution in [-0.4, -0.2) is 89.2 Å². The summed E-state index contributed by atoms with van der Waals surface area (Å²) in [5.74, 6) is -3.18. The van der Waals surface area contributed by atoms with Gasteiger partial charge in [-0.15, -0.1) is 0 Å². The molecule has 3 saturated carbocycles. The van der Waals surface area contributed by atoms with Gasteiger partial charge in [-0.2, -0.15) is 0 Å². The summed E-state index contributed by atoms with van der Waals surface area (Å²) in [6.07, 6.45) is 5.85. The van der Waals surface area contributed by atoms with Crippen LogP contribution in [0.15, 0.2) is 30.3 Å². The molecule has 1 aliphatic heterocycles. The lowest BCUT2D eigenvalue weighted by Gasteiger charge is -2.37. The number of ether oxygens (including phenoxy) is 1. The number of carbonyl (C=O) groups is 7. The van der Waals surface area contributed by atoms with E-state index in [0.717, 1.165) is 44.1 Å². The van der Waals surface area contributed by atoms with E-state index in [1.54, 1.807) is 18.7 Å². The highest BCUT2D eigenvalue weighted by atomic mass is 16.5. The minimum Gasteiger partial charge on any atom is -0.445 e. The van der Waals surface area contributed by atoms with Crippen LogP contribution in [0.5, 0.6) is 0 Å². The van der Waals surface area contributed by atoms with Crippen LogP contribution in [0.1, 0.15) is 126 Å². The van der Waals surface area contributed by atoms with Crippen LogP contribution in [0.3, 0.4) is 0 Å². The molecule has 7 amide bonds. The summed E-state index contributed by atoms with van der Waals surface area (Å²) < 4.78 is 5.31. The summed E-state index contributed by atoms with van der Waals surface area (Å²) in [5.41, 5.74) is 3.04. The Labute approximate surface area is 355 Å². The quantitative estimate of drug-likeness (QED) is 0.138. The standard InChI is InChI=1S/C45H69N7O8/c1-40(2,3)31(24-47-37(57)42(7,8)51-39(59)60-25-28-16-12-11-13-17-28)49-38(58)50-33(41(4,5)6)36(56)52-26-45(43(9,10)44(45)20-15-21-44)23-30(52)35(55)48-29(32(53)34(46)54)22-27-18-14-19-27/h11-13,16-17,27,29-31,33H,14-15,18-26H2,1-10H3,(H2,46,54)(H,47,57)(H,48,55)(H,51,59)(H2,49,50,58)/t29?,30-,31+,33+,45+/m0/s1. The average molecular weight is 836 g/mol. The summed E-state index contributed by atoms with van der Waals surface area (Å²) >= 11 is 0. The zero-order valence-electron chi connectivity index (χ0n) is 37.3. The second-order valence-electron chi connectivity index (χ2n) is 21.0. The van der Waals surface area contributed by atoms with Crippen molar-refractivity contribution in [3.8, 4) is 0 Å². The smallest absolute Gasteiger partial charge is 0.408 e. The third-order valence-electron chi connectivity index (χ3n) is 14.5. The summed E-state index contributed by atoms with van der Waals surface area (Å²) in [4.78, 5) is 95.8. The van der Waals surface area contributed by atoms with E-state index >= 15 is 0 Å². The van der Waals surface area contributed by atoms with Gasteiger partial charge in [-0.1, -0.05) is 111 Å². The molecule has 3 aliphatic carbocycles. The van der Waals surface area contributed by atoms with Crippen LogP contribution in [-0.2, 0) is 35.3 Å². The average Bonchev–Trinajstić information content (AvgIpc) is 3.32. The van der Waals surface area contributed by atoms with E-state index in [2.05, 4.69) is 40.4 Å². The van der Waals surface area contributed by atoms with Crippen molar-refractivity contribution in [1.29, 1.82) is 0 Å². The van der Waals surface area contributed by atoms with Gasteiger partial charge in [0.15, 0.2) is 0 Å². The zero-order chi connectivity index (χ0) is 44.6. The van der Waals surface area contributed by atoms with Gasteiger partial charge in [0.25, 0.3) is 5.91 Å². The molecule has 4 fully saturated rings. The number of rotatable bonds is 15. The largest absolute Gasteiger partial charge is 0.445 e. The monoisotopic (exact) mass is 836 g/mol. The number of nitrogens with zero attached hydrogens (tertiary/aromatic N) is 1. The molecular weight excluding hydrogens is 767 g/mol. The molecule has 5 rings (SSSR count). The Morgan fingerprint density at radius 2 is 1.48 bits per heavy atom. The Hall–Kier alpha value is -4.69. The minimum absolute atomic E-state index is 0.00809. The Kier molecular flexibility index (Phi) is 13.1. The molecule has 15 nitrogen and oxygen atoms in total. The SMILES string of the molecule is CC(C)(NC(=O)OCc1ccccc1)C(=O)NC[C@@H](NC(=O)N[C@H](C(=O)N1C[C@]2(C[C@H]1C(=O)NC(CC1CCC1)C(=O)C(N)=O)C(C)(C)C21CCC1)C(C)(C)C)C(C)(C)C. The summed E-state index contributed by atoms with van der Waals surface area (Å²) in [6, 6.07) is 4.84. The number of alkyl carbamates (subject to hydrolysis) is 1. The molecule has 5 atom stereocenters. The summed E-state index contributed by atoms with van der Waals surface area (Å²) in [6.45, 7) is 19.1. The lowest BCUT2D eigenvalue weighted by Crippen LogP contribution is -2.62. The van der Waals surface area contributed by atoms with Crippen LogP contribution in [0.25, 0.3) is 0 Å². The first-order valence-corrected chi connectivity index (χ1v) is 21.5. The third kappa shape index (κ3) is 9.29. The van der Waals surface area contributed by atoms with Crippen molar-refractivity contribution in [2.45, 2.75) is 157 Å². The zero-order valence-corrected chi connectivity index (χ0v) is 37.3. The summed E-state index contributed by atoms with van der Waals surface area (Å²) in [5, 5.41) is 14.2. The molecule has 1 aromatic rings. The molecule has 60 heavy (non-hydrogen) atoms.